The fourth-order valence-corrected chi connectivity index (χ4v) is 0.972. The molecule has 0 nitrogen and oxygen atoms in total. The zero-order valence-electron chi connectivity index (χ0n) is 10.0. The van der Waals surface area contributed by atoms with Crippen molar-refractivity contribution >= 4 is 0 Å². The Morgan fingerprint density at radius 3 is 1.00 bits per heavy atom. The average Bonchev–Trinajstić information content (AvgIpc) is 2.33. The van der Waals surface area contributed by atoms with Crippen LogP contribution < -0.4 is 0 Å². The Bertz CT molecular complexity index is 501. The van der Waals surface area contributed by atoms with E-state index in [1.54, 1.807) is 0 Å². The van der Waals surface area contributed by atoms with Gasteiger partial charge in [-0.15, -0.1) is 0 Å². The SMILES string of the molecule is FC(=C(F)C(F)(F)C(F)(F)C(F)(F)C(F)(F)C(F)(F)F)C(F)(F)F. The highest BCUT2D eigenvalue weighted by Gasteiger charge is 2.88. The van der Waals surface area contributed by atoms with Crippen molar-refractivity contribution in [2.24, 2.45) is 0 Å². The molecule has 0 aromatic rings. The minimum absolute atomic E-state index is 4.72. The second kappa shape index (κ2) is 5.57. The van der Waals surface area contributed by atoms with E-state index in [0.29, 0.717) is 0 Å². The van der Waals surface area contributed by atoms with Crippen LogP contribution in [0.1, 0.15) is 0 Å². The van der Waals surface area contributed by atoms with Crippen LogP contribution in [0.3, 0.4) is 0 Å². The number of rotatable bonds is 4. The first-order valence-electron chi connectivity index (χ1n) is 4.77. The quantitative estimate of drug-likeness (QED) is 0.524. The molecule has 0 rings (SSSR count). The number of halogens is 16. The lowest BCUT2D eigenvalue weighted by molar-refractivity contribution is -0.419. The first-order valence-corrected chi connectivity index (χ1v) is 4.77. The fraction of sp³-hybridized carbons (Fsp3) is 0.750. The monoisotopic (exact) mass is 400 g/mol. The summed E-state index contributed by atoms with van der Waals surface area (Å²) in [6.45, 7) is 0. The third-order valence-electron chi connectivity index (χ3n) is 2.26. The van der Waals surface area contributed by atoms with E-state index in [1.165, 1.54) is 0 Å². The maximum absolute atomic E-state index is 12.7. The van der Waals surface area contributed by atoms with Crippen LogP contribution in [0, 0.1) is 0 Å². The number of hydrogen-bond donors (Lipinski definition) is 0. The summed E-state index contributed by atoms with van der Waals surface area (Å²) in [6.07, 6.45) is -14.4. The van der Waals surface area contributed by atoms with E-state index in [2.05, 4.69) is 0 Å². The van der Waals surface area contributed by atoms with Crippen LogP contribution in [0.4, 0.5) is 70.2 Å². The largest absolute Gasteiger partial charge is 0.460 e. The summed E-state index contributed by atoms with van der Waals surface area (Å²) in [7, 11) is 0. The van der Waals surface area contributed by atoms with Crippen LogP contribution >= 0.6 is 0 Å². The second-order valence-electron chi connectivity index (χ2n) is 3.92. The van der Waals surface area contributed by atoms with Crippen LogP contribution in [0.2, 0.25) is 0 Å². The van der Waals surface area contributed by atoms with Crippen molar-refractivity contribution < 1.29 is 70.2 Å². The Morgan fingerprint density at radius 2 is 0.750 bits per heavy atom. The van der Waals surface area contributed by atoms with Gasteiger partial charge in [0.05, 0.1) is 0 Å². The Balaban J connectivity index is 6.43. The summed E-state index contributed by atoms with van der Waals surface area (Å²) in [4.78, 5) is 0. The molecule has 0 unspecified atom stereocenters. The lowest BCUT2D eigenvalue weighted by atomic mass is 9.97. The van der Waals surface area contributed by atoms with Gasteiger partial charge in [-0.05, 0) is 0 Å². The van der Waals surface area contributed by atoms with Gasteiger partial charge < -0.3 is 0 Å². The number of allylic oxidation sites excluding steroid dienone is 2. The van der Waals surface area contributed by atoms with Crippen LogP contribution in [-0.4, -0.2) is 36.0 Å². The van der Waals surface area contributed by atoms with Crippen molar-refractivity contribution in [3.63, 3.8) is 0 Å². The highest BCUT2D eigenvalue weighted by Crippen LogP contribution is 2.59. The fourth-order valence-electron chi connectivity index (χ4n) is 0.972. The smallest absolute Gasteiger partial charge is 0.202 e. The first kappa shape index (κ1) is 22.6. The van der Waals surface area contributed by atoms with Gasteiger partial charge in [0.2, 0.25) is 11.7 Å². The van der Waals surface area contributed by atoms with Gasteiger partial charge in [-0.2, -0.15) is 65.9 Å². The molecule has 0 saturated carbocycles. The molecule has 0 bridgehead atoms. The standard InChI is InChI=1S/C8F16/c9-1(2(10)4(13,14)15)3(11,12)5(16,17)6(18,19)7(20,21)8(22,23)24. The summed E-state index contributed by atoms with van der Waals surface area (Å²) in [6, 6.07) is 0. The number of hydrogen-bond acceptors (Lipinski definition) is 0. The molecule has 0 saturated heterocycles. The molecule has 0 aromatic heterocycles. The van der Waals surface area contributed by atoms with E-state index < -0.39 is 47.7 Å². The van der Waals surface area contributed by atoms with Gasteiger partial charge in [-0.25, -0.2) is 4.39 Å². The van der Waals surface area contributed by atoms with E-state index in [-0.39, 0.29) is 0 Å². The molecular weight excluding hydrogens is 400 g/mol. The number of alkyl halides is 14. The normalized spacial score (nSPS) is 17.0. The molecule has 0 aliphatic carbocycles. The molecular formula is C8F16. The maximum Gasteiger partial charge on any atom is 0.460 e. The average molecular weight is 400 g/mol. The molecule has 0 atom stereocenters. The lowest BCUT2D eigenvalue weighted by Crippen LogP contribution is -2.66. The van der Waals surface area contributed by atoms with Crippen molar-refractivity contribution in [1.29, 1.82) is 0 Å². The van der Waals surface area contributed by atoms with Gasteiger partial charge in [0.25, 0.3) is 0 Å². The Morgan fingerprint density at radius 1 is 0.417 bits per heavy atom. The Hall–Kier alpha value is -1.38. The van der Waals surface area contributed by atoms with Crippen molar-refractivity contribution in [3.8, 4) is 0 Å². The zero-order valence-corrected chi connectivity index (χ0v) is 10.0. The molecule has 0 aliphatic heterocycles. The predicted octanol–water partition coefficient (Wildman–Crippen LogP) is 5.80. The Kier molecular flexibility index (Phi) is 5.25. The van der Waals surface area contributed by atoms with Crippen molar-refractivity contribution in [3.05, 3.63) is 11.7 Å². The Labute approximate surface area is 119 Å². The molecule has 16 heteroatoms. The van der Waals surface area contributed by atoms with Crippen LogP contribution in [-0.2, 0) is 0 Å². The topological polar surface area (TPSA) is 0 Å². The highest BCUT2D eigenvalue weighted by molar-refractivity contribution is 5.21. The molecule has 144 valence electrons. The van der Waals surface area contributed by atoms with E-state index in [4.69, 9.17) is 0 Å². The molecule has 0 heterocycles. The minimum atomic E-state index is -8.15. The van der Waals surface area contributed by atoms with Crippen molar-refractivity contribution in [2.45, 2.75) is 36.0 Å². The third kappa shape index (κ3) is 3.10. The van der Waals surface area contributed by atoms with Crippen LogP contribution in [0.15, 0.2) is 11.7 Å². The van der Waals surface area contributed by atoms with E-state index >= 15 is 0 Å². The minimum Gasteiger partial charge on any atom is -0.202 e. The molecule has 0 amide bonds. The van der Waals surface area contributed by atoms with Crippen molar-refractivity contribution in [1.82, 2.24) is 0 Å². The molecule has 0 spiro atoms. The highest BCUT2D eigenvalue weighted by atomic mass is 19.4. The molecule has 24 heavy (non-hydrogen) atoms. The van der Waals surface area contributed by atoms with Gasteiger partial charge in [0.15, 0.2) is 0 Å². The summed E-state index contributed by atoms with van der Waals surface area (Å²) in [5.74, 6) is -41.6. The van der Waals surface area contributed by atoms with E-state index in [1.807, 2.05) is 0 Å². The van der Waals surface area contributed by atoms with Crippen molar-refractivity contribution in [2.75, 3.05) is 0 Å². The van der Waals surface area contributed by atoms with Gasteiger partial charge in [-0.1, -0.05) is 0 Å². The van der Waals surface area contributed by atoms with Crippen LogP contribution in [0.25, 0.3) is 0 Å². The summed E-state index contributed by atoms with van der Waals surface area (Å²) in [5.41, 5.74) is 0. The van der Waals surface area contributed by atoms with Gasteiger partial charge in [0, 0.05) is 0 Å². The van der Waals surface area contributed by atoms with Crippen LogP contribution in [0.5, 0.6) is 0 Å². The molecule has 0 radical (unpaired) electrons. The summed E-state index contributed by atoms with van der Waals surface area (Å²) >= 11 is 0. The van der Waals surface area contributed by atoms with Gasteiger partial charge in [0.1, 0.15) is 0 Å². The third-order valence-corrected chi connectivity index (χ3v) is 2.26. The summed E-state index contributed by atoms with van der Waals surface area (Å²) < 4.78 is 195. The second-order valence-corrected chi connectivity index (χ2v) is 3.92. The van der Waals surface area contributed by atoms with E-state index in [0.717, 1.165) is 0 Å². The molecule has 0 fully saturated rings. The first-order chi connectivity index (χ1) is 10.1. The predicted molar refractivity (Wildman–Crippen MR) is 41.1 cm³/mol. The summed E-state index contributed by atoms with van der Waals surface area (Å²) in [5, 5.41) is 0. The van der Waals surface area contributed by atoms with E-state index in [9.17, 15) is 70.2 Å². The lowest BCUT2D eigenvalue weighted by Gasteiger charge is -2.36. The molecule has 0 aromatic carbocycles. The molecule has 0 N–H and O–H groups in total. The van der Waals surface area contributed by atoms with Gasteiger partial charge >= 0.3 is 36.0 Å². The zero-order chi connectivity index (χ0) is 20.2. The molecule has 0 aliphatic rings. The maximum atomic E-state index is 12.7. The van der Waals surface area contributed by atoms with Gasteiger partial charge in [-0.3, -0.25) is 0 Å².